The molecule has 0 atom stereocenters. The van der Waals surface area contributed by atoms with Crippen molar-refractivity contribution in [3.8, 4) is 0 Å². The summed E-state index contributed by atoms with van der Waals surface area (Å²) < 4.78 is 24.6. The Hall–Kier alpha value is -1.88. The minimum atomic E-state index is -0.318. The van der Waals surface area contributed by atoms with E-state index in [1.54, 1.807) is 0 Å². The first-order valence-electron chi connectivity index (χ1n) is 9.40. The standard InChI is InChI=1S/C17H24FNO.C5H10O2/c1-5-6-7-15-16(14(3)18)13(2)12-17(20-15)8-10-19(4)11-9-17;1-5(2,3)7-4-6/h5-7H,2,8-12H2,1,3-4H3;4H,1-3H3/b6-5-,15-7+,16-14+;. The summed E-state index contributed by atoms with van der Waals surface area (Å²) in [7, 11) is 2.12. The number of likely N-dealkylation sites (tertiary alicyclic amines) is 1. The zero-order chi connectivity index (χ0) is 20.7. The molecule has 5 heteroatoms. The van der Waals surface area contributed by atoms with Gasteiger partial charge in [-0.25, -0.2) is 4.39 Å². The number of rotatable bonds is 2. The van der Waals surface area contributed by atoms with Gasteiger partial charge in [-0.1, -0.05) is 18.7 Å². The second kappa shape index (κ2) is 9.88. The number of carbonyl (C=O) groups is 1. The van der Waals surface area contributed by atoms with E-state index in [0.717, 1.165) is 37.9 Å². The van der Waals surface area contributed by atoms with Crippen molar-refractivity contribution in [3.63, 3.8) is 0 Å². The molecule has 1 spiro atoms. The van der Waals surface area contributed by atoms with Crippen LogP contribution < -0.4 is 0 Å². The molecule has 2 aliphatic heterocycles. The Morgan fingerprint density at radius 1 is 1.33 bits per heavy atom. The molecule has 27 heavy (non-hydrogen) atoms. The lowest BCUT2D eigenvalue weighted by Gasteiger charge is -2.45. The minimum Gasteiger partial charge on any atom is -0.486 e. The highest BCUT2D eigenvalue weighted by molar-refractivity contribution is 5.48. The van der Waals surface area contributed by atoms with Crippen LogP contribution in [0.3, 0.4) is 0 Å². The smallest absolute Gasteiger partial charge is 0.293 e. The SMILES string of the molecule is C=C1CC2(CCN(C)CC2)OC(=C/C=C\C)/C1=C(\C)F.CC(C)(C)OC=O. The van der Waals surface area contributed by atoms with Crippen molar-refractivity contribution in [3.05, 3.63) is 47.5 Å². The zero-order valence-electron chi connectivity index (χ0n) is 17.6. The fraction of sp³-hybridized carbons (Fsp3) is 0.591. The van der Waals surface area contributed by atoms with Gasteiger partial charge < -0.3 is 14.4 Å². The lowest BCUT2D eigenvalue weighted by atomic mass is 9.80. The topological polar surface area (TPSA) is 38.8 Å². The molecule has 0 saturated carbocycles. The third kappa shape index (κ3) is 7.33. The monoisotopic (exact) mass is 379 g/mol. The molecular weight excluding hydrogens is 345 g/mol. The summed E-state index contributed by atoms with van der Waals surface area (Å²) >= 11 is 0. The van der Waals surface area contributed by atoms with Crippen LogP contribution in [-0.2, 0) is 14.3 Å². The van der Waals surface area contributed by atoms with Crippen molar-refractivity contribution in [2.24, 2.45) is 0 Å². The van der Waals surface area contributed by atoms with Crippen molar-refractivity contribution >= 4 is 6.47 Å². The maximum absolute atomic E-state index is 13.8. The van der Waals surface area contributed by atoms with Crippen LogP contribution in [0.25, 0.3) is 0 Å². The lowest BCUT2D eigenvalue weighted by Crippen LogP contribution is -2.46. The minimum absolute atomic E-state index is 0.198. The molecule has 0 bridgehead atoms. The number of carbonyl (C=O) groups excluding carboxylic acids is 1. The Labute approximate surface area is 163 Å². The van der Waals surface area contributed by atoms with E-state index in [2.05, 4.69) is 23.3 Å². The number of piperidine rings is 1. The van der Waals surface area contributed by atoms with Gasteiger partial charge in [0.15, 0.2) is 0 Å². The number of allylic oxidation sites excluding steroid dienone is 5. The molecule has 0 radical (unpaired) electrons. The average Bonchev–Trinajstić information content (AvgIpc) is 2.54. The summed E-state index contributed by atoms with van der Waals surface area (Å²) in [6.45, 7) is 15.4. The van der Waals surface area contributed by atoms with Gasteiger partial charge in [-0.05, 0) is 53.3 Å². The summed E-state index contributed by atoms with van der Waals surface area (Å²) in [5.74, 6) is 0.414. The fourth-order valence-corrected chi connectivity index (χ4v) is 3.14. The first kappa shape index (κ1) is 23.2. The van der Waals surface area contributed by atoms with E-state index in [4.69, 9.17) is 4.74 Å². The molecule has 2 saturated heterocycles. The van der Waals surface area contributed by atoms with E-state index in [1.165, 1.54) is 6.92 Å². The third-order valence-corrected chi connectivity index (χ3v) is 4.55. The van der Waals surface area contributed by atoms with Crippen molar-refractivity contribution < 1.29 is 18.7 Å². The molecule has 0 amide bonds. The van der Waals surface area contributed by atoms with Gasteiger partial charge in [-0.3, -0.25) is 4.79 Å². The summed E-state index contributed by atoms with van der Waals surface area (Å²) in [5.41, 5.74) is 0.891. The first-order chi connectivity index (χ1) is 12.5. The van der Waals surface area contributed by atoms with Crippen LogP contribution >= 0.6 is 0 Å². The van der Waals surface area contributed by atoms with Gasteiger partial charge in [0.05, 0.1) is 5.57 Å². The molecule has 4 nitrogen and oxygen atoms in total. The summed E-state index contributed by atoms with van der Waals surface area (Å²) in [6.07, 6.45) is 8.32. The fourth-order valence-electron chi connectivity index (χ4n) is 3.14. The van der Waals surface area contributed by atoms with E-state index < -0.39 is 0 Å². The predicted molar refractivity (Wildman–Crippen MR) is 108 cm³/mol. The Morgan fingerprint density at radius 2 is 1.93 bits per heavy atom. The molecule has 2 rings (SSSR count). The highest BCUT2D eigenvalue weighted by atomic mass is 19.1. The van der Waals surface area contributed by atoms with Gasteiger partial charge in [0.2, 0.25) is 0 Å². The van der Waals surface area contributed by atoms with Crippen molar-refractivity contribution in [1.82, 2.24) is 4.90 Å². The largest absolute Gasteiger partial charge is 0.486 e. The summed E-state index contributed by atoms with van der Waals surface area (Å²) in [4.78, 5) is 11.9. The van der Waals surface area contributed by atoms with Gasteiger partial charge >= 0.3 is 0 Å². The lowest BCUT2D eigenvalue weighted by molar-refractivity contribution is -0.138. The second-order valence-electron chi connectivity index (χ2n) is 8.16. The van der Waals surface area contributed by atoms with Crippen LogP contribution in [0.4, 0.5) is 4.39 Å². The molecule has 0 aromatic heterocycles. The van der Waals surface area contributed by atoms with Crippen LogP contribution in [0.2, 0.25) is 0 Å². The summed E-state index contributed by atoms with van der Waals surface area (Å²) in [6, 6.07) is 0. The second-order valence-corrected chi connectivity index (χ2v) is 8.16. The highest BCUT2D eigenvalue weighted by Gasteiger charge is 2.41. The molecule has 0 aliphatic carbocycles. The number of nitrogens with zero attached hydrogens (tertiary/aromatic N) is 1. The Morgan fingerprint density at radius 3 is 2.33 bits per heavy atom. The average molecular weight is 380 g/mol. The van der Waals surface area contributed by atoms with Crippen LogP contribution in [0.1, 0.15) is 53.9 Å². The number of hydrogen-bond acceptors (Lipinski definition) is 4. The van der Waals surface area contributed by atoms with Crippen molar-refractivity contribution in [2.75, 3.05) is 20.1 Å². The third-order valence-electron chi connectivity index (χ3n) is 4.55. The Bertz CT molecular complexity index is 614. The maximum Gasteiger partial charge on any atom is 0.293 e. The van der Waals surface area contributed by atoms with Gasteiger partial charge in [0.1, 0.15) is 22.8 Å². The molecule has 2 fully saturated rings. The Balaban J connectivity index is 0.000000445. The van der Waals surface area contributed by atoms with Gasteiger partial charge in [0, 0.05) is 32.4 Å². The van der Waals surface area contributed by atoms with E-state index in [1.807, 2.05) is 45.9 Å². The number of hydrogen-bond donors (Lipinski definition) is 0. The van der Waals surface area contributed by atoms with E-state index in [-0.39, 0.29) is 17.0 Å². The van der Waals surface area contributed by atoms with E-state index >= 15 is 0 Å². The van der Waals surface area contributed by atoms with Gasteiger partial charge in [-0.15, -0.1) is 0 Å². The van der Waals surface area contributed by atoms with E-state index in [0.29, 0.717) is 17.8 Å². The molecule has 2 aliphatic rings. The maximum atomic E-state index is 13.8. The van der Waals surface area contributed by atoms with Crippen LogP contribution in [0, 0.1) is 0 Å². The van der Waals surface area contributed by atoms with Crippen molar-refractivity contribution in [1.29, 1.82) is 0 Å². The van der Waals surface area contributed by atoms with Crippen molar-refractivity contribution in [2.45, 2.75) is 65.1 Å². The predicted octanol–water partition coefficient (Wildman–Crippen LogP) is 5.09. The molecule has 152 valence electrons. The normalized spacial score (nSPS) is 23.7. The number of halogens is 1. The van der Waals surface area contributed by atoms with Gasteiger partial charge in [0.25, 0.3) is 6.47 Å². The molecule has 2 heterocycles. The molecule has 0 N–H and O–H groups in total. The summed E-state index contributed by atoms with van der Waals surface area (Å²) in [5, 5.41) is 0. The van der Waals surface area contributed by atoms with E-state index in [9.17, 15) is 9.18 Å². The zero-order valence-corrected chi connectivity index (χ0v) is 17.6. The number of ether oxygens (including phenoxy) is 2. The first-order valence-corrected chi connectivity index (χ1v) is 9.40. The van der Waals surface area contributed by atoms with Gasteiger partial charge in [-0.2, -0.15) is 0 Å². The Kier molecular flexibility index (Phi) is 8.48. The highest BCUT2D eigenvalue weighted by Crippen LogP contribution is 2.44. The molecule has 0 aromatic carbocycles. The van der Waals surface area contributed by atoms with Crippen LogP contribution in [-0.4, -0.2) is 42.7 Å². The molecule has 0 aromatic rings. The quantitative estimate of drug-likeness (QED) is 0.627. The van der Waals surface area contributed by atoms with Crippen LogP contribution in [0.15, 0.2) is 47.5 Å². The molecule has 0 unspecified atom stereocenters. The molecular formula is C22H34FNO3. The van der Waals surface area contributed by atoms with Crippen LogP contribution in [0.5, 0.6) is 0 Å².